The highest BCUT2D eigenvalue weighted by Crippen LogP contribution is 2.15. The number of nitrogens with one attached hydrogen (secondary N) is 1. The lowest BCUT2D eigenvalue weighted by atomic mass is 10.2. The van der Waals surface area contributed by atoms with Crippen molar-refractivity contribution >= 4 is 28.9 Å². The molecule has 0 bridgehead atoms. The quantitative estimate of drug-likeness (QED) is 0.904. The summed E-state index contributed by atoms with van der Waals surface area (Å²) < 4.78 is 13.4. The van der Waals surface area contributed by atoms with Gasteiger partial charge in [0.2, 0.25) is 5.91 Å². The van der Waals surface area contributed by atoms with Gasteiger partial charge in [0.1, 0.15) is 5.82 Å². The summed E-state index contributed by atoms with van der Waals surface area (Å²) in [5, 5.41) is 14.9. The number of carboxylic acid groups (broad SMARTS) is 1. The molecule has 6 heteroatoms. The van der Waals surface area contributed by atoms with Crippen LogP contribution in [0.3, 0.4) is 0 Å². The van der Waals surface area contributed by atoms with Gasteiger partial charge in [-0.1, -0.05) is 0 Å². The summed E-state index contributed by atoms with van der Waals surface area (Å²) >= 11 is 1.49. The average Bonchev–Trinajstić information content (AvgIpc) is 2.81. The first-order valence-electron chi connectivity index (χ1n) is 5.40. The van der Waals surface area contributed by atoms with Gasteiger partial charge in [0, 0.05) is 5.69 Å². The minimum absolute atomic E-state index is 0.200. The summed E-state index contributed by atoms with van der Waals surface area (Å²) in [6.45, 7) is 0. The van der Waals surface area contributed by atoms with Crippen molar-refractivity contribution in [1.29, 1.82) is 0 Å². The van der Waals surface area contributed by atoms with Crippen LogP contribution in [0.2, 0.25) is 0 Å². The molecule has 2 N–H and O–H groups in total. The number of halogens is 1. The number of thiophene rings is 1. The summed E-state index contributed by atoms with van der Waals surface area (Å²) in [5.74, 6) is -2.49. The molecule has 1 amide bonds. The fourth-order valence-corrected chi connectivity index (χ4v) is 2.22. The van der Waals surface area contributed by atoms with E-state index in [1.54, 1.807) is 0 Å². The Morgan fingerprint density at radius 2 is 2.11 bits per heavy atom. The Morgan fingerprint density at radius 1 is 1.32 bits per heavy atom. The van der Waals surface area contributed by atoms with Crippen LogP contribution in [0, 0.1) is 5.82 Å². The normalized spacial score (nSPS) is 10.2. The van der Waals surface area contributed by atoms with Crippen LogP contribution in [0.25, 0.3) is 0 Å². The largest absolute Gasteiger partial charge is 0.478 e. The molecule has 0 aliphatic heterocycles. The molecule has 2 rings (SSSR count). The third-order valence-electron chi connectivity index (χ3n) is 2.43. The van der Waals surface area contributed by atoms with Gasteiger partial charge < -0.3 is 10.4 Å². The topological polar surface area (TPSA) is 66.4 Å². The second-order valence-electron chi connectivity index (χ2n) is 3.86. The second-order valence-corrected chi connectivity index (χ2v) is 4.64. The number of aromatic carboxylic acids is 1. The van der Waals surface area contributed by atoms with Gasteiger partial charge in [-0.05, 0) is 40.6 Å². The average molecular weight is 279 g/mol. The molecule has 0 saturated heterocycles. The van der Waals surface area contributed by atoms with Crippen LogP contribution >= 0.6 is 11.3 Å². The summed E-state index contributed by atoms with van der Waals surface area (Å²) in [5.41, 5.74) is 0.698. The first kappa shape index (κ1) is 13.2. The third kappa shape index (κ3) is 3.38. The Kier molecular flexibility index (Phi) is 3.91. The van der Waals surface area contributed by atoms with Crippen molar-refractivity contribution in [3.05, 3.63) is 52.0 Å². The van der Waals surface area contributed by atoms with E-state index in [1.165, 1.54) is 17.4 Å². The number of hydrogen-bond acceptors (Lipinski definition) is 3. The van der Waals surface area contributed by atoms with Crippen molar-refractivity contribution in [1.82, 2.24) is 0 Å². The van der Waals surface area contributed by atoms with Gasteiger partial charge in [-0.3, -0.25) is 4.79 Å². The number of hydrogen-bond donors (Lipinski definition) is 2. The Hall–Kier alpha value is -2.21. The van der Waals surface area contributed by atoms with E-state index in [2.05, 4.69) is 5.32 Å². The van der Waals surface area contributed by atoms with Crippen molar-refractivity contribution in [3.63, 3.8) is 0 Å². The molecule has 1 aromatic heterocycles. The van der Waals surface area contributed by atoms with E-state index in [1.807, 2.05) is 16.8 Å². The van der Waals surface area contributed by atoms with Crippen LogP contribution < -0.4 is 5.32 Å². The summed E-state index contributed by atoms with van der Waals surface area (Å²) in [6, 6.07) is 5.31. The zero-order chi connectivity index (χ0) is 13.8. The zero-order valence-corrected chi connectivity index (χ0v) is 10.5. The smallest absolute Gasteiger partial charge is 0.338 e. The molecular formula is C13H10FNO3S. The molecule has 0 saturated carbocycles. The summed E-state index contributed by atoms with van der Waals surface area (Å²) in [7, 11) is 0. The summed E-state index contributed by atoms with van der Waals surface area (Å²) in [4.78, 5) is 22.3. The first-order valence-corrected chi connectivity index (χ1v) is 6.34. The number of benzene rings is 1. The van der Waals surface area contributed by atoms with Crippen molar-refractivity contribution in [2.24, 2.45) is 0 Å². The highest BCUT2D eigenvalue weighted by atomic mass is 32.1. The molecule has 1 heterocycles. The maximum Gasteiger partial charge on any atom is 0.338 e. The van der Waals surface area contributed by atoms with Gasteiger partial charge >= 0.3 is 5.97 Å². The standard InChI is InChI=1S/C13H10FNO3S/c14-11-6-9(1-2-10(11)13(17)18)15-12(16)5-8-3-4-19-7-8/h1-4,6-7H,5H2,(H,15,16)(H,17,18). The predicted molar refractivity (Wildman–Crippen MR) is 70.0 cm³/mol. The van der Waals surface area contributed by atoms with Gasteiger partial charge in [0.05, 0.1) is 12.0 Å². The number of rotatable bonds is 4. The van der Waals surface area contributed by atoms with Gasteiger partial charge in [-0.25, -0.2) is 9.18 Å². The first-order chi connectivity index (χ1) is 9.06. The molecule has 0 aliphatic carbocycles. The molecule has 1 aromatic carbocycles. The van der Waals surface area contributed by atoms with Gasteiger partial charge in [0.15, 0.2) is 0 Å². The Balaban J connectivity index is 2.05. The fraction of sp³-hybridized carbons (Fsp3) is 0.0769. The van der Waals surface area contributed by atoms with E-state index in [0.717, 1.165) is 17.7 Å². The molecule has 0 radical (unpaired) electrons. The second kappa shape index (κ2) is 5.62. The maximum atomic E-state index is 13.4. The van der Waals surface area contributed by atoms with Crippen LogP contribution in [0.5, 0.6) is 0 Å². The lowest BCUT2D eigenvalue weighted by molar-refractivity contribution is -0.115. The molecule has 0 unspecified atom stereocenters. The molecular weight excluding hydrogens is 269 g/mol. The van der Waals surface area contributed by atoms with E-state index >= 15 is 0 Å². The lowest BCUT2D eigenvalue weighted by Crippen LogP contribution is -2.14. The Labute approximate surface area is 112 Å². The molecule has 0 aliphatic rings. The SMILES string of the molecule is O=C(Cc1ccsc1)Nc1ccc(C(=O)O)c(F)c1. The maximum absolute atomic E-state index is 13.4. The number of carbonyl (C=O) groups excluding carboxylic acids is 1. The van der Waals surface area contributed by atoms with Crippen LogP contribution in [0.4, 0.5) is 10.1 Å². The van der Waals surface area contributed by atoms with E-state index < -0.39 is 17.3 Å². The molecule has 19 heavy (non-hydrogen) atoms. The van der Waals surface area contributed by atoms with Crippen LogP contribution in [-0.2, 0) is 11.2 Å². The van der Waals surface area contributed by atoms with Crippen LogP contribution in [-0.4, -0.2) is 17.0 Å². The van der Waals surface area contributed by atoms with Crippen LogP contribution in [0.15, 0.2) is 35.0 Å². The zero-order valence-electron chi connectivity index (χ0n) is 9.72. The van der Waals surface area contributed by atoms with Crippen LogP contribution in [0.1, 0.15) is 15.9 Å². The molecule has 0 spiro atoms. The molecule has 0 atom stereocenters. The number of carbonyl (C=O) groups is 2. The van der Waals surface area contributed by atoms with Gasteiger partial charge in [-0.2, -0.15) is 11.3 Å². The summed E-state index contributed by atoms with van der Waals surface area (Å²) in [6.07, 6.45) is 0.200. The highest BCUT2D eigenvalue weighted by molar-refractivity contribution is 7.08. The van der Waals surface area contributed by atoms with Gasteiger partial charge in [0.25, 0.3) is 0 Å². The highest BCUT2D eigenvalue weighted by Gasteiger charge is 2.11. The number of amides is 1. The molecule has 4 nitrogen and oxygen atoms in total. The van der Waals surface area contributed by atoms with E-state index in [0.29, 0.717) is 0 Å². The van der Waals surface area contributed by atoms with Crippen molar-refractivity contribution in [3.8, 4) is 0 Å². The Bertz CT molecular complexity index is 610. The minimum Gasteiger partial charge on any atom is -0.478 e. The monoisotopic (exact) mass is 279 g/mol. The molecule has 98 valence electrons. The fourth-order valence-electron chi connectivity index (χ4n) is 1.55. The van der Waals surface area contributed by atoms with E-state index in [-0.39, 0.29) is 18.0 Å². The van der Waals surface area contributed by atoms with Crippen molar-refractivity contribution in [2.45, 2.75) is 6.42 Å². The number of carboxylic acids is 1. The van der Waals surface area contributed by atoms with E-state index in [4.69, 9.17) is 5.11 Å². The van der Waals surface area contributed by atoms with Gasteiger partial charge in [-0.15, -0.1) is 0 Å². The predicted octanol–water partition coefficient (Wildman–Crippen LogP) is 2.77. The van der Waals surface area contributed by atoms with Crippen molar-refractivity contribution in [2.75, 3.05) is 5.32 Å². The molecule has 0 fully saturated rings. The van der Waals surface area contributed by atoms with Crippen molar-refractivity contribution < 1.29 is 19.1 Å². The number of anilines is 1. The Morgan fingerprint density at radius 3 is 2.68 bits per heavy atom. The third-order valence-corrected chi connectivity index (χ3v) is 3.16. The van der Waals surface area contributed by atoms with E-state index in [9.17, 15) is 14.0 Å². The lowest BCUT2D eigenvalue weighted by Gasteiger charge is -2.05. The minimum atomic E-state index is -1.34. The molecule has 2 aromatic rings.